The van der Waals surface area contributed by atoms with Crippen molar-refractivity contribution in [1.29, 1.82) is 0 Å². The standard InChI is InChI=1S/C18H19F2N3O3/c1-2-26-16-9-21-8-15(22-16)12-6-13(19)18(14(20)7-12)23-4-3-11(10-23)5-17(24)25/h6-9,11H,2-5,10H2,1H3,(H,24,25). The Balaban J connectivity index is 1.85. The molecule has 0 amide bonds. The van der Waals surface area contributed by atoms with Crippen LogP contribution >= 0.6 is 0 Å². The molecule has 0 spiro atoms. The van der Waals surface area contributed by atoms with E-state index < -0.39 is 17.6 Å². The normalized spacial score (nSPS) is 16.7. The van der Waals surface area contributed by atoms with Gasteiger partial charge in [0, 0.05) is 25.1 Å². The van der Waals surface area contributed by atoms with E-state index in [-0.39, 0.29) is 29.5 Å². The molecule has 1 aromatic heterocycles. The molecule has 0 bridgehead atoms. The molecule has 8 heteroatoms. The molecule has 6 nitrogen and oxygen atoms in total. The van der Waals surface area contributed by atoms with Gasteiger partial charge in [0.2, 0.25) is 5.88 Å². The quantitative estimate of drug-likeness (QED) is 0.850. The molecule has 1 aliphatic rings. The van der Waals surface area contributed by atoms with Crippen LogP contribution in [0.1, 0.15) is 19.8 Å². The second kappa shape index (κ2) is 7.63. The SMILES string of the molecule is CCOc1cncc(-c2cc(F)c(N3CCC(CC(=O)O)C3)c(F)c2)n1. The number of hydrogen-bond acceptors (Lipinski definition) is 5. The van der Waals surface area contributed by atoms with E-state index >= 15 is 0 Å². The molecule has 2 heterocycles. The van der Waals surface area contributed by atoms with Crippen LogP contribution in [-0.4, -0.2) is 40.7 Å². The van der Waals surface area contributed by atoms with Crippen molar-refractivity contribution < 1.29 is 23.4 Å². The molecule has 0 saturated carbocycles. The van der Waals surface area contributed by atoms with Crippen LogP contribution in [0.4, 0.5) is 14.5 Å². The number of halogens is 2. The number of benzene rings is 1. The van der Waals surface area contributed by atoms with Crippen LogP contribution in [0.5, 0.6) is 5.88 Å². The van der Waals surface area contributed by atoms with E-state index in [9.17, 15) is 13.6 Å². The molecule has 26 heavy (non-hydrogen) atoms. The highest BCUT2D eigenvalue weighted by atomic mass is 19.1. The molecule has 1 fully saturated rings. The van der Waals surface area contributed by atoms with Crippen LogP contribution < -0.4 is 9.64 Å². The Bertz CT molecular complexity index is 793. The van der Waals surface area contributed by atoms with Gasteiger partial charge in [-0.2, -0.15) is 0 Å². The zero-order chi connectivity index (χ0) is 18.7. The highest BCUT2D eigenvalue weighted by molar-refractivity contribution is 5.68. The van der Waals surface area contributed by atoms with E-state index in [0.717, 1.165) is 0 Å². The minimum atomic E-state index is -0.902. The topological polar surface area (TPSA) is 75.5 Å². The number of rotatable bonds is 6. The van der Waals surface area contributed by atoms with Crippen molar-refractivity contribution >= 4 is 11.7 Å². The summed E-state index contributed by atoms with van der Waals surface area (Å²) >= 11 is 0. The van der Waals surface area contributed by atoms with E-state index in [1.807, 2.05) is 0 Å². The fourth-order valence-electron chi connectivity index (χ4n) is 3.17. The van der Waals surface area contributed by atoms with Crippen LogP contribution in [0.3, 0.4) is 0 Å². The Morgan fingerprint density at radius 2 is 2.08 bits per heavy atom. The lowest BCUT2D eigenvalue weighted by atomic mass is 10.1. The van der Waals surface area contributed by atoms with Crippen LogP contribution in [0, 0.1) is 17.6 Å². The van der Waals surface area contributed by atoms with E-state index in [1.54, 1.807) is 11.8 Å². The van der Waals surface area contributed by atoms with E-state index in [2.05, 4.69) is 9.97 Å². The monoisotopic (exact) mass is 363 g/mol. The molecule has 1 saturated heterocycles. The minimum Gasteiger partial charge on any atom is -0.481 e. The zero-order valence-corrected chi connectivity index (χ0v) is 14.3. The molecule has 2 aromatic rings. The van der Waals surface area contributed by atoms with Gasteiger partial charge < -0.3 is 14.7 Å². The van der Waals surface area contributed by atoms with E-state index in [1.165, 1.54) is 24.5 Å². The second-order valence-electron chi connectivity index (χ2n) is 6.16. The molecule has 1 N–H and O–H groups in total. The third-order valence-corrected chi connectivity index (χ3v) is 4.28. The summed E-state index contributed by atoms with van der Waals surface area (Å²) in [7, 11) is 0. The summed E-state index contributed by atoms with van der Waals surface area (Å²) < 4.78 is 34.5. The van der Waals surface area contributed by atoms with Crippen LogP contribution in [0.2, 0.25) is 0 Å². The highest BCUT2D eigenvalue weighted by Crippen LogP contribution is 2.33. The Kier molecular flexibility index (Phi) is 5.29. The minimum absolute atomic E-state index is 0.00235. The first-order valence-corrected chi connectivity index (χ1v) is 8.39. The van der Waals surface area contributed by atoms with Crippen molar-refractivity contribution in [2.45, 2.75) is 19.8 Å². The first kappa shape index (κ1) is 18.0. The number of aliphatic carboxylic acids is 1. The number of carboxylic acid groups (broad SMARTS) is 1. The molecule has 1 unspecified atom stereocenters. The smallest absolute Gasteiger partial charge is 0.303 e. The molecule has 1 atom stereocenters. The van der Waals surface area contributed by atoms with Crippen molar-refractivity contribution in [3.63, 3.8) is 0 Å². The third-order valence-electron chi connectivity index (χ3n) is 4.28. The van der Waals surface area contributed by atoms with E-state index in [4.69, 9.17) is 9.84 Å². The summed E-state index contributed by atoms with van der Waals surface area (Å²) in [6.07, 6.45) is 3.43. The highest BCUT2D eigenvalue weighted by Gasteiger charge is 2.28. The number of hydrogen-bond donors (Lipinski definition) is 1. The summed E-state index contributed by atoms with van der Waals surface area (Å²) in [5.41, 5.74) is 0.445. The Hall–Kier alpha value is -2.77. The van der Waals surface area contributed by atoms with Gasteiger partial charge in [-0.25, -0.2) is 13.8 Å². The van der Waals surface area contributed by atoms with Crippen LogP contribution in [0.25, 0.3) is 11.3 Å². The van der Waals surface area contributed by atoms with Gasteiger partial charge in [-0.15, -0.1) is 0 Å². The maximum atomic E-state index is 14.6. The number of nitrogens with zero attached hydrogens (tertiary/aromatic N) is 3. The van der Waals surface area contributed by atoms with Gasteiger partial charge in [0.15, 0.2) is 0 Å². The molecule has 0 aliphatic carbocycles. The van der Waals surface area contributed by atoms with Crippen LogP contribution in [0.15, 0.2) is 24.5 Å². The molecule has 0 radical (unpaired) electrons. The van der Waals surface area contributed by atoms with Gasteiger partial charge in [-0.05, 0) is 31.4 Å². The van der Waals surface area contributed by atoms with Gasteiger partial charge in [0.25, 0.3) is 0 Å². The fourth-order valence-corrected chi connectivity index (χ4v) is 3.17. The summed E-state index contributed by atoms with van der Waals surface area (Å²) in [4.78, 5) is 20.5. The molecule has 3 rings (SSSR count). The van der Waals surface area contributed by atoms with Crippen LogP contribution in [-0.2, 0) is 4.79 Å². The average Bonchev–Trinajstić information content (AvgIpc) is 3.02. The Morgan fingerprint density at radius 3 is 2.73 bits per heavy atom. The number of anilines is 1. The first-order valence-electron chi connectivity index (χ1n) is 8.39. The molecular weight excluding hydrogens is 344 g/mol. The number of carboxylic acids is 1. The van der Waals surface area contributed by atoms with Gasteiger partial charge in [0.05, 0.1) is 24.7 Å². The Labute approximate surface area is 149 Å². The number of ether oxygens (including phenoxy) is 1. The summed E-state index contributed by atoms with van der Waals surface area (Å²) in [5.74, 6) is -2.15. The summed E-state index contributed by atoms with van der Waals surface area (Å²) in [6, 6.07) is 2.42. The maximum Gasteiger partial charge on any atom is 0.303 e. The maximum absolute atomic E-state index is 14.6. The zero-order valence-electron chi connectivity index (χ0n) is 14.3. The van der Waals surface area contributed by atoms with E-state index in [0.29, 0.717) is 31.8 Å². The predicted octanol–water partition coefficient (Wildman–Crippen LogP) is 3.12. The summed E-state index contributed by atoms with van der Waals surface area (Å²) in [6.45, 7) is 2.95. The lowest BCUT2D eigenvalue weighted by Gasteiger charge is -2.20. The largest absolute Gasteiger partial charge is 0.481 e. The molecule has 138 valence electrons. The van der Waals surface area contributed by atoms with Crippen molar-refractivity contribution in [1.82, 2.24) is 9.97 Å². The Morgan fingerprint density at radius 1 is 1.35 bits per heavy atom. The van der Waals surface area contributed by atoms with Crippen molar-refractivity contribution in [2.24, 2.45) is 5.92 Å². The molecular formula is C18H19F2N3O3. The van der Waals surface area contributed by atoms with Crippen molar-refractivity contribution in [3.05, 3.63) is 36.2 Å². The lowest BCUT2D eigenvalue weighted by molar-refractivity contribution is -0.137. The molecule has 1 aromatic carbocycles. The van der Waals surface area contributed by atoms with Gasteiger partial charge >= 0.3 is 5.97 Å². The number of aromatic nitrogens is 2. The predicted molar refractivity (Wildman–Crippen MR) is 91.1 cm³/mol. The average molecular weight is 363 g/mol. The summed E-state index contributed by atoms with van der Waals surface area (Å²) in [5, 5.41) is 8.87. The number of carbonyl (C=O) groups is 1. The third kappa shape index (κ3) is 3.89. The first-order chi connectivity index (χ1) is 12.5. The second-order valence-corrected chi connectivity index (χ2v) is 6.16. The lowest BCUT2D eigenvalue weighted by Crippen LogP contribution is -2.23. The molecule has 1 aliphatic heterocycles. The van der Waals surface area contributed by atoms with Gasteiger partial charge in [-0.3, -0.25) is 9.78 Å². The fraction of sp³-hybridized carbons (Fsp3) is 0.389. The van der Waals surface area contributed by atoms with Gasteiger partial charge in [0.1, 0.15) is 17.3 Å². The van der Waals surface area contributed by atoms with Crippen molar-refractivity contribution in [2.75, 3.05) is 24.6 Å². The van der Waals surface area contributed by atoms with Gasteiger partial charge in [-0.1, -0.05) is 0 Å². The van der Waals surface area contributed by atoms with Crippen molar-refractivity contribution in [3.8, 4) is 17.1 Å².